The van der Waals surface area contributed by atoms with Crippen LogP contribution < -0.4 is 11.5 Å². The van der Waals surface area contributed by atoms with Gasteiger partial charge in [-0.1, -0.05) is 0 Å². The first-order valence-corrected chi connectivity index (χ1v) is 4.56. The summed E-state index contributed by atoms with van der Waals surface area (Å²) in [5.74, 6) is -0.860. The number of benzene rings is 1. The predicted octanol–water partition coefficient (Wildman–Crippen LogP) is 1.41. The van der Waals surface area contributed by atoms with Gasteiger partial charge in [0.1, 0.15) is 6.23 Å². The van der Waals surface area contributed by atoms with Gasteiger partial charge < -0.3 is 16.2 Å². The van der Waals surface area contributed by atoms with Crippen LogP contribution in [0, 0.1) is 0 Å². The van der Waals surface area contributed by atoms with Gasteiger partial charge in [0.2, 0.25) is 5.91 Å². The molecule has 0 aliphatic carbocycles. The van der Waals surface area contributed by atoms with Crippen molar-refractivity contribution < 1.29 is 22.7 Å². The quantitative estimate of drug-likeness (QED) is 0.794. The van der Waals surface area contributed by atoms with Crippen molar-refractivity contribution in [3.05, 3.63) is 34.9 Å². The second-order valence-electron chi connectivity index (χ2n) is 3.32. The molecule has 0 saturated heterocycles. The molecule has 0 fully saturated rings. The zero-order valence-electron chi connectivity index (χ0n) is 8.91. The van der Waals surface area contributed by atoms with Crippen LogP contribution in [0.2, 0.25) is 0 Å². The Bertz CT molecular complexity index is 432. The SMILES string of the molecule is COC(N)c1cc(C(F)(F)F)ccc1C(N)=O. The average molecular weight is 248 g/mol. The number of carbonyl (C=O) groups is 1. The Morgan fingerprint density at radius 1 is 1.41 bits per heavy atom. The van der Waals surface area contributed by atoms with E-state index in [1.165, 1.54) is 7.11 Å². The number of halogens is 3. The lowest BCUT2D eigenvalue weighted by Gasteiger charge is -2.16. The number of carbonyl (C=O) groups excluding carboxylic acids is 1. The van der Waals surface area contributed by atoms with E-state index in [2.05, 4.69) is 0 Å². The van der Waals surface area contributed by atoms with Crippen LogP contribution in [-0.2, 0) is 10.9 Å². The third-order valence-electron chi connectivity index (χ3n) is 2.20. The van der Waals surface area contributed by atoms with E-state index in [0.29, 0.717) is 0 Å². The summed E-state index contributed by atoms with van der Waals surface area (Å²) >= 11 is 0. The van der Waals surface area contributed by atoms with Gasteiger partial charge in [-0.2, -0.15) is 13.2 Å². The van der Waals surface area contributed by atoms with Gasteiger partial charge in [0.05, 0.1) is 5.56 Å². The van der Waals surface area contributed by atoms with Crippen molar-refractivity contribution >= 4 is 5.91 Å². The molecule has 1 rings (SSSR count). The molecular formula is C10H11F3N2O2. The highest BCUT2D eigenvalue weighted by molar-refractivity contribution is 5.94. The third kappa shape index (κ3) is 2.95. The molecule has 1 atom stereocenters. The molecule has 0 spiro atoms. The van der Waals surface area contributed by atoms with Gasteiger partial charge in [0.25, 0.3) is 0 Å². The second kappa shape index (κ2) is 4.72. The van der Waals surface area contributed by atoms with Crippen molar-refractivity contribution in [1.82, 2.24) is 0 Å². The van der Waals surface area contributed by atoms with Crippen molar-refractivity contribution in [3.8, 4) is 0 Å². The van der Waals surface area contributed by atoms with Crippen molar-refractivity contribution in [2.24, 2.45) is 11.5 Å². The number of amides is 1. The highest BCUT2D eigenvalue weighted by Gasteiger charge is 2.32. The maximum Gasteiger partial charge on any atom is 0.416 e. The van der Waals surface area contributed by atoms with E-state index in [0.717, 1.165) is 18.2 Å². The maximum absolute atomic E-state index is 12.5. The summed E-state index contributed by atoms with van der Waals surface area (Å²) in [5.41, 5.74) is 9.39. The molecule has 0 radical (unpaired) electrons. The van der Waals surface area contributed by atoms with Gasteiger partial charge >= 0.3 is 6.18 Å². The summed E-state index contributed by atoms with van der Waals surface area (Å²) in [4.78, 5) is 11.0. The molecule has 1 unspecified atom stereocenters. The lowest BCUT2D eigenvalue weighted by atomic mass is 10.0. The molecule has 0 bridgehead atoms. The van der Waals surface area contributed by atoms with Gasteiger partial charge in [-0.25, -0.2) is 0 Å². The molecule has 0 saturated carbocycles. The number of rotatable bonds is 3. The van der Waals surface area contributed by atoms with Gasteiger partial charge in [-0.3, -0.25) is 4.79 Å². The summed E-state index contributed by atoms with van der Waals surface area (Å²) in [6, 6.07) is 2.51. The van der Waals surface area contributed by atoms with Crippen LogP contribution in [0.15, 0.2) is 18.2 Å². The van der Waals surface area contributed by atoms with Crippen molar-refractivity contribution in [1.29, 1.82) is 0 Å². The molecule has 0 heterocycles. The topological polar surface area (TPSA) is 78.3 Å². The molecule has 17 heavy (non-hydrogen) atoms. The van der Waals surface area contributed by atoms with Gasteiger partial charge in [-0.15, -0.1) is 0 Å². The van der Waals surface area contributed by atoms with Crippen LogP contribution in [0.25, 0.3) is 0 Å². The summed E-state index contributed by atoms with van der Waals surface area (Å²) in [7, 11) is 1.22. The molecular weight excluding hydrogens is 237 g/mol. The van der Waals surface area contributed by atoms with Crippen LogP contribution in [0.1, 0.15) is 27.7 Å². The Kier molecular flexibility index (Phi) is 3.74. The minimum absolute atomic E-state index is 0.0881. The average Bonchev–Trinajstić information content (AvgIpc) is 2.25. The van der Waals surface area contributed by atoms with Crippen LogP contribution >= 0.6 is 0 Å². The largest absolute Gasteiger partial charge is 0.416 e. The number of nitrogens with two attached hydrogens (primary N) is 2. The summed E-state index contributed by atoms with van der Waals surface area (Å²) in [6.07, 6.45) is -5.65. The predicted molar refractivity (Wildman–Crippen MR) is 53.9 cm³/mol. The van der Waals surface area contributed by atoms with Gasteiger partial charge in [0, 0.05) is 18.2 Å². The minimum Gasteiger partial charge on any atom is -0.366 e. The fourth-order valence-electron chi connectivity index (χ4n) is 1.33. The minimum atomic E-state index is -4.52. The number of methoxy groups -OCH3 is 1. The second-order valence-corrected chi connectivity index (χ2v) is 3.32. The maximum atomic E-state index is 12.5. The molecule has 94 valence electrons. The van der Waals surface area contributed by atoms with Gasteiger partial charge in [-0.05, 0) is 18.2 Å². The first-order valence-electron chi connectivity index (χ1n) is 4.56. The Morgan fingerprint density at radius 2 is 2.00 bits per heavy atom. The van der Waals surface area contributed by atoms with E-state index in [1.807, 2.05) is 0 Å². The zero-order chi connectivity index (χ0) is 13.2. The Morgan fingerprint density at radius 3 is 2.41 bits per heavy atom. The normalized spacial score (nSPS) is 13.5. The lowest BCUT2D eigenvalue weighted by molar-refractivity contribution is -0.137. The molecule has 1 amide bonds. The fourth-order valence-corrected chi connectivity index (χ4v) is 1.33. The smallest absolute Gasteiger partial charge is 0.366 e. The molecule has 7 heteroatoms. The molecule has 4 N–H and O–H groups in total. The summed E-state index contributed by atoms with van der Waals surface area (Å²) < 4.78 is 42.1. The molecule has 1 aromatic carbocycles. The molecule has 0 aromatic heterocycles. The zero-order valence-corrected chi connectivity index (χ0v) is 8.91. The van der Waals surface area contributed by atoms with E-state index in [4.69, 9.17) is 16.2 Å². The van der Waals surface area contributed by atoms with Gasteiger partial charge in [0.15, 0.2) is 0 Å². The Balaban J connectivity index is 3.34. The van der Waals surface area contributed by atoms with Crippen LogP contribution in [0.4, 0.5) is 13.2 Å². The standard InChI is InChI=1S/C10H11F3N2O2/c1-17-9(15)7-4-5(10(11,12)13)2-3-6(7)8(14)16/h2-4,9H,15H2,1H3,(H2,14,16). The Hall–Kier alpha value is -1.60. The Labute approximate surface area is 95.3 Å². The molecule has 4 nitrogen and oxygen atoms in total. The first-order chi connectivity index (χ1) is 7.77. The number of hydrogen-bond donors (Lipinski definition) is 2. The van der Waals surface area contributed by atoms with Crippen molar-refractivity contribution in [2.45, 2.75) is 12.4 Å². The lowest BCUT2D eigenvalue weighted by Crippen LogP contribution is -2.21. The van der Waals surface area contributed by atoms with Crippen LogP contribution in [0.3, 0.4) is 0 Å². The van der Waals surface area contributed by atoms with Crippen molar-refractivity contribution in [2.75, 3.05) is 7.11 Å². The van der Waals surface area contributed by atoms with E-state index in [1.54, 1.807) is 0 Å². The summed E-state index contributed by atoms with van der Waals surface area (Å²) in [5, 5.41) is 0. The monoisotopic (exact) mass is 248 g/mol. The first kappa shape index (κ1) is 13.5. The third-order valence-corrected chi connectivity index (χ3v) is 2.20. The fraction of sp³-hybridized carbons (Fsp3) is 0.300. The van der Waals surface area contributed by atoms with E-state index in [-0.39, 0.29) is 11.1 Å². The number of alkyl halides is 3. The number of hydrogen-bond acceptors (Lipinski definition) is 3. The number of primary amides is 1. The van der Waals surface area contributed by atoms with E-state index >= 15 is 0 Å². The highest BCUT2D eigenvalue weighted by atomic mass is 19.4. The molecule has 0 aliphatic heterocycles. The molecule has 1 aromatic rings. The number of ether oxygens (including phenoxy) is 1. The summed E-state index contributed by atoms with van der Waals surface area (Å²) in [6.45, 7) is 0. The highest BCUT2D eigenvalue weighted by Crippen LogP contribution is 2.31. The van der Waals surface area contributed by atoms with Crippen molar-refractivity contribution in [3.63, 3.8) is 0 Å². The van der Waals surface area contributed by atoms with Crippen LogP contribution in [0.5, 0.6) is 0 Å². The van der Waals surface area contributed by atoms with E-state index in [9.17, 15) is 18.0 Å². The van der Waals surface area contributed by atoms with E-state index < -0.39 is 23.9 Å². The molecule has 0 aliphatic rings. The van der Waals surface area contributed by atoms with Crippen LogP contribution in [-0.4, -0.2) is 13.0 Å².